The Morgan fingerprint density at radius 2 is 2.03 bits per heavy atom. The molecule has 0 radical (unpaired) electrons. The van der Waals surface area contributed by atoms with E-state index >= 15 is 0 Å². The average Bonchev–Trinajstić information content (AvgIpc) is 3.51. The molecule has 11 heteroatoms. The van der Waals surface area contributed by atoms with E-state index < -0.39 is 0 Å². The molecular weight excluding hydrogens is 468 g/mol. The normalized spacial score (nSPS) is 11.4. The second-order valence-corrected chi connectivity index (χ2v) is 8.28. The minimum atomic E-state index is -0.309. The van der Waals surface area contributed by atoms with Gasteiger partial charge in [-0.3, -0.25) is 9.78 Å². The van der Waals surface area contributed by atoms with Crippen molar-refractivity contribution in [1.82, 2.24) is 34.7 Å². The lowest BCUT2D eigenvalue weighted by Gasteiger charge is -2.13. The van der Waals surface area contributed by atoms with E-state index in [1.807, 2.05) is 31.2 Å². The fourth-order valence-electron chi connectivity index (χ4n) is 3.82. The number of H-pyrrole nitrogens is 1. The molecular formula is C24H17ClN8O2. The fourth-order valence-corrected chi connectivity index (χ4v) is 4.08. The largest absolute Gasteiger partial charge is 0.443 e. The van der Waals surface area contributed by atoms with Gasteiger partial charge in [0.2, 0.25) is 0 Å². The highest BCUT2D eigenvalue weighted by Crippen LogP contribution is 2.33. The van der Waals surface area contributed by atoms with Crippen LogP contribution in [0.1, 0.15) is 11.4 Å². The number of aromatic nitrogens is 7. The lowest BCUT2D eigenvalue weighted by molar-refractivity contribution is 0.602. The van der Waals surface area contributed by atoms with E-state index in [9.17, 15) is 4.79 Å². The van der Waals surface area contributed by atoms with Crippen LogP contribution in [0.15, 0.2) is 70.5 Å². The van der Waals surface area contributed by atoms with E-state index in [2.05, 4.69) is 25.4 Å². The molecule has 5 heterocycles. The molecule has 0 aliphatic carbocycles. The number of anilines is 1. The Hall–Kier alpha value is -4.57. The summed E-state index contributed by atoms with van der Waals surface area (Å²) in [7, 11) is 0. The topological polar surface area (TPSA) is 127 Å². The van der Waals surface area contributed by atoms with Gasteiger partial charge in [-0.2, -0.15) is 5.10 Å². The number of aryl methyl sites for hydroxylation is 1. The molecule has 6 rings (SSSR count). The van der Waals surface area contributed by atoms with Gasteiger partial charge >= 0.3 is 0 Å². The molecule has 0 bridgehead atoms. The summed E-state index contributed by atoms with van der Waals surface area (Å²) >= 11 is 6.48. The van der Waals surface area contributed by atoms with E-state index in [-0.39, 0.29) is 5.56 Å². The highest BCUT2D eigenvalue weighted by atomic mass is 35.5. The predicted molar refractivity (Wildman–Crippen MR) is 132 cm³/mol. The highest BCUT2D eigenvalue weighted by Gasteiger charge is 2.19. The first-order valence-electron chi connectivity index (χ1n) is 10.7. The maximum Gasteiger partial charge on any atom is 0.251 e. The second kappa shape index (κ2) is 8.33. The van der Waals surface area contributed by atoms with Crippen LogP contribution in [0.25, 0.3) is 39.3 Å². The SMILES string of the molecule is Cc1ccn(-c2nc3[nH]c(=O)cc(NCc4ccccn4)c3nc2-c2cc(Cl)c3ncoc3c2)n1. The standard InChI is InChI=1S/C24H17ClN8O2/c1-13-5-7-33(32-13)24-20(14-8-16(25)21-18(9-14)35-12-28-21)30-22-17(10-19(34)29-23(22)31-24)27-11-15-4-2-3-6-26-15/h2-10,12H,11H2,1H3,(H2,27,29,31,34). The minimum absolute atomic E-state index is 0.309. The molecule has 6 aromatic rings. The van der Waals surface area contributed by atoms with Gasteiger partial charge in [-0.1, -0.05) is 17.7 Å². The number of nitrogens with one attached hydrogen (secondary N) is 2. The molecule has 5 aromatic heterocycles. The number of hydrogen-bond acceptors (Lipinski definition) is 8. The second-order valence-electron chi connectivity index (χ2n) is 7.87. The van der Waals surface area contributed by atoms with Gasteiger partial charge in [0.25, 0.3) is 5.56 Å². The molecule has 0 unspecified atom stereocenters. The van der Waals surface area contributed by atoms with E-state index in [1.165, 1.54) is 12.5 Å². The number of rotatable bonds is 5. The summed E-state index contributed by atoms with van der Waals surface area (Å²) in [4.78, 5) is 33.4. The Labute approximate surface area is 202 Å². The van der Waals surface area contributed by atoms with E-state index in [1.54, 1.807) is 29.2 Å². The molecule has 0 amide bonds. The number of nitrogens with zero attached hydrogens (tertiary/aromatic N) is 6. The fraction of sp³-hybridized carbons (Fsp3) is 0.0833. The van der Waals surface area contributed by atoms with Crippen molar-refractivity contribution >= 4 is 39.6 Å². The number of halogens is 1. The summed E-state index contributed by atoms with van der Waals surface area (Å²) in [6, 6.07) is 12.5. The molecule has 10 nitrogen and oxygen atoms in total. The first-order chi connectivity index (χ1) is 17.0. The van der Waals surface area contributed by atoms with Gasteiger partial charge in [0.1, 0.15) is 16.7 Å². The zero-order chi connectivity index (χ0) is 23.9. The maximum absolute atomic E-state index is 12.4. The molecule has 0 aliphatic rings. The van der Waals surface area contributed by atoms with Crippen LogP contribution in [0.4, 0.5) is 5.69 Å². The monoisotopic (exact) mass is 484 g/mol. The average molecular weight is 485 g/mol. The van der Waals surface area contributed by atoms with Crippen LogP contribution in [-0.2, 0) is 6.54 Å². The number of fused-ring (bicyclic) bond motifs is 2. The van der Waals surface area contributed by atoms with Crippen LogP contribution in [-0.4, -0.2) is 34.7 Å². The number of oxazole rings is 1. The molecule has 0 fully saturated rings. The molecule has 172 valence electrons. The molecule has 0 atom stereocenters. The van der Waals surface area contributed by atoms with Crippen molar-refractivity contribution in [3.63, 3.8) is 0 Å². The van der Waals surface area contributed by atoms with E-state index in [0.717, 1.165) is 11.4 Å². The van der Waals surface area contributed by atoms with Gasteiger partial charge < -0.3 is 14.7 Å². The van der Waals surface area contributed by atoms with Crippen LogP contribution in [0.2, 0.25) is 5.02 Å². The summed E-state index contributed by atoms with van der Waals surface area (Å²) in [5, 5.41) is 8.18. The molecule has 0 saturated heterocycles. The first kappa shape index (κ1) is 21.0. The van der Waals surface area contributed by atoms with Gasteiger partial charge in [0, 0.05) is 24.0 Å². The van der Waals surface area contributed by atoms with Crippen molar-refractivity contribution in [3.8, 4) is 17.1 Å². The van der Waals surface area contributed by atoms with Crippen molar-refractivity contribution in [2.75, 3.05) is 5.32 Å². The molecule has 0 aliphatic heterocycles. The van der Waals surface area contributed by atoms with Gasteiger partial charge in [0.15, 0.2) is 23.4 Å². The van der Waals surface area contributed by atoms with Gasteiger partial charge in [-0.15, -0.1) is 0 Å². The maximum atomic E-state index is 12.4. The van der Waals surface area contributed by atoms with Gasteiger partial charge in [-0.25, -0.2) is 19.6 Å². The van der Waals surface area contributed by atoms with Crippen molar-refractivity contribution < 1.29 is 4.42 Å². The van der Waals surface area contributed by atoms with E-state index in [0.29, 0.717) is 56.6 Å². The molecule has 0 spiro atoms. The zero-order valence-electron chi connectivity index (χ0n) is 18.4. The Bertz CT molecular complexity index is 1760. The quantitative estimate of drug-likeness (QED) is 0.371. The summed E-state index contributed by atoms with van der Waals surface area (Å²) in [6.07, 6.45) is 4.84. The van der Waals surface area contributed by atoms with Crippen LogP contribution in [0.5, 0.6) is 0 Å². The van der Waals surface area contributed by atoms with Crippen molar-refractivity contribution in [1.29, 1.82) is 0 Å². The molecule has 2 N–H and O–H groups in total. The van der Waals surface area contributed by atoms with Crippen molar-refractivity contribution in [2.24, 2.45) is 0 Å². The van der Waals surface area contributed by atoms with Crippen LogP contribution in [0, 0.1) is 6.92 Å². The number of pyridine rings is 2. The van der Waals surface area contributed by atoms with Crippen LogP contribution in [0.3, 0.4) is 0 Å². The Balaban J connectivity index is 1.57. The summed E-state index contributed by atoms with van der Waals surface area (Å²) < 4.78 is 7.11. The van der Waals surface area contributed by atoms with Crippen molar-refractivity contribution in [2.45, 2.75) is 13.5 Å². The van der Waals surface area contributed by atoms with E-state index in [4.69, 9.17) is 26.0 Å². The molecule has 0 saturated carbocycles. The van der Waals surface area contributed by atoms with Crippen molar-refractivity contribution in [3.05, 3.63) is 88.0 Å². The Morgan fingerprint density at radius 1 is 1.11 bits per heavy atom. The zero-order valence-corrected chi connectivity index (χ0v) is 19.1. The Kier molecular flexibility index (Phi) is 5.00. The van der Waals surface area contributed by atoms with Gasteiger partial charge in [-0.05, 0) is 37.3 Å². The highest BCUT2D eigenvalue weighted by molar-refractivity contribution is 6.35. The third-order valence-corrected chi connectivity index (χ3v) is 5.73. The third kappa shape index (κ3) is 3.89. The van der Waals surface area contributed by atoms with Crippen LogP contribution >= 0.6 is 11.6 Å². The smallest absolute Gasteiger partial charge is 0.251 e. The van der Waals surface area contributed by atoms with Crippen LogP contribution < -0.4 is 10.9 Å². The minimum Gasteiger partial charge on any atom is -0.443 e. The summed E-state index contributed by atoms with van der Waals surface area (Å²) in [5.41, 5.74) is 4.90. The lowest BCUT2D eigenvalue weighted by atomic mass is 10.1. The summed E-state index contributed by atoms with van der Waals surface area (Å²) in [6.45, 7) is 2.29. The third-order valence-electron chi connectivity index (χ3n) is 5.44. The molecule has 35 heavy (non-hydrogen) atoms. The molecule has 1 aromatic carbocycles. The number of hydrogen-bond donors (Lipinski definition) is 2. The first-order valence-corrected chi connectivity index (χ1v) is 11.1. The predicted octanol–water partition coefficient (Wildman–Crippen LogP) is 4.28. The Morgan fingerprint density at radius 3 is 2.83 bits per heavy atom. The summed E-state index contributed by atoms with van der Waals surface area (Å²) in [5.74, 6) is 0.429. The lowest BCUT2D eigenvalue weighted by Crippen LogP contribution is -2.13. The number of aromatic amines is 1. The van der Waals surface area contributed by atoms with Gasteiger partial charge in [0.05, 0.1) is 28.6 Å². The number of benzene rings is 1.